The number of aromatic nitrogens is 3. The van der Waals surface area contributed by atoms with E-state index >= 15 is 0 Å². The molecule has 0 radical (unpaired) electrons. The van der Waals surface area contributed by atoms with E-state index in [4.69, 9.17) is 0 Å². The van der Waals surface area contributed by atoms with Gasteiger partial charge in [0.05, 0.1) is 5.52 Å². The number of nitrogens with zero attached hydrogens (tertiary/aromatic N) is 4. The van der Waals surface area contributed by atoms with Gasteiger partial charge in [-0.25, -0.2) is 4.68 Å². The summed E-state index contributed by atoms with van der Waals surface area (Å²) in [6, 6.07) is 9.99. The van der Waals surface area contributed by atoms with Crippen LogP contribution in [-0.4, -0.2) is 15.0 Å². The summed E-state index contributed by atoms with van der Waals surface area (Å²) in [4.78, 5) is 0. The van der Waals surface area contributed by atoms with Crippen molar-refractivity contribution in [2.45, 2.75) is 32.1 Å². The molecule has 1 fully saturated rings. The summed E-state index contributed by atoms with van der Waals surface area (Å²) in [6.07, 6.45) is 8.27. The third-order valence-electron chi connectivity index (χ3n) is 3.74. The highest BCUT2D eigenvalue weighted by Crippen LogP contribution is 2.27. The number of nitriles is 1. The van der Waals surface area contributed by atoms with Gasteiger partial charge >= 0.3 is 0 Å². The van der Waals surface area contributed by atoms with E-state index in [0.29, 0.717) is 11.6 Å². The summed E-state index contributed by atoms with van der Waals surface area (Å²) in [6.45, 7) is 0. The molecule has 1 aliphatic rings. The maximum atomic E-state index is 9.38. The fraction of sp³-hybridized carbons (Fsp3) is 0.400. The zero-order valence-corrected chi connectivity index (χ0v) is 10.8. The first-order chi connectivity index (χ1) is 9.38. The van der Waals surface area contributed by atoms with Crippen molar-refractivity contribution in [3.05, 3.63) is 30.3 Å². The Morgan fingerprint density at radius 2 is 2.05 bits per heavy atom. The van der Waals surface area contributed by atoms with Gasteiger partial charge in [-0.1, -0.05) is 36.6 Å². The van der Waals surface area contributed by atoms with Crippen LogP contribution in [0.4, 0.5) is 0 Å². The topological polar surface area (TPSA) is 54.5 Å². The monoisotopic (exact) mass is 252 g/mol. The molecule has 0 unspecified atom stereocenters. The lowest BCUT2D eigenvalue weighted by Gasteiger charge is -2.18. The van der Waals surface area contributed by atoms with Gasteiger partial charge in [-0.2, -0.15) is 5.26 Å². The minimum atomic E-state index is 0.506. The van der Waals surface area contributed by atoms with E-state index in [2.05, 4.69) is 22.5 Å². The first-order valence-electron chi connectivity index (χ1n) is 6.81. The van der Waals surface area contributed by atoms with Crippen LogP contribution in [0.25, 0.3) is 16.7 Å². The van der Waals surface area contributed by atoms with E-state index in [-0.39, 0.29) is 0 Å². The van der Waals surface area contributed by atoms with Crippen molar-refractivity contribution in [2.24, 2.45) is 5.92 Å². The molecule has 0 N–H and O–H groups in total. The summed E-state index contributed by atoms with van der Waals surface area (Å²) in [5.74, 6) is 0.506. The highest BCUT2D eigenvalue weighted by molar-refractivity contribution is 5.79. The molecule has 1 heterocycles. The molecule has 96 valence electrons. The second-order valence-electron chi connectivity index (χ2n) is 5.05. The average molecular weight is 252 g/mol. The van der Waals surface area contributed by atoms with Gasteiger partial charge in [0.15, 0.2) is 0 Å². The van der Waals surface area contributed by atoms with E-state index in [1.807, 2.05) is 24.3 Å². The highest BCUT2D eigenvalue weighted by Gasteiger charge is 2.14. The number of hydrogen-bond donors (Lipinski definition) is 0. The van der Waals surface area contributed by atoms with Gasteiger partial charge in [0.1, 0.15) is 17.3 Å². The minimum absolute atomic E-state index is 0.506. The molecule has 19 heavy (non-hydrogen) atoms. The van der Waals surface area contributed by atoms with Crippen molar-refractivity contribution in [3.63, 3.8) is 0 Å². The van der Waals surface area contributed by atoms with E-state index in [0.717, 1.165) is 11.0 Å². The molecule has 0 bridgehead atoms. The Bertz CT molecular complexity index is 641. The Hall–Kier alpha value is -2.15. The number of hydrogen-bond acceptors (Lipinski definition) is 3. The highest BCUT2D eigenvalue weighted by atomic mass is 15.4. The van der Waals surface area contributed by atoms with Crippen LogP contribution >= 0.6 is 0 Å². The Morgan fingerprint density at radius 1 is 1.26 bits per heavy atom. The standard InChI is InChI=1S/C15H16N4/c16-11-13(10-12-6-2-1-3-7-12)19-15-9-5-4-8-14(15)17-18-19/h4-5,8-10,12H,1-3,6-7H2/b13-10+. The summed E-state index contributed by atoms with van der Waals surface area (Å²) < 4.78 is 1.66. The molecule has 1 aromatic carbocycles. The van der Waals surface area contributed by atoms with Gasteiger partial charge in [0.25, 0.3) is 0 Å². The van der Waals surface area contributed by atoms with Crippen LogP contribution < -0.4 is 0 Å². The molecule has 4 nitrogen and oxygen atoms in total. The van der Waals surface area contributed by atoms with Crippen LogP contribution in [0.3, 0.4) is 0 Å². The summed E-state index contributed by atoms with van der Waals surface area (Å²) in [7, 11) is 0. The summed E-state index contributed by atoms with van der Waals surface area (Å²) >= 11 is 0. The average Bonchev–Trinajstić information content (AvgIpc) is 2.90. The molecule has 2 aromatic rings. The van der Waals surface area contributed by atoms with Crippen molar-refractivity contribution >= 4 is 16.7 Å². The Balaban J connectivity index is 1.98. The van der Waals surface area contributed by atoms with E-state index in [1.54, 1.807) is 4.68 Å². The van der Waals surface area contributed by atoms with Gasteiger partial charge in [0, 0.05) is 0 Å². The van der Waals surface area contributed by atoms with E-state index < -0.39 is 0 Å². The Labute approximate surface area is 112 Å². The lowest BCUT2D eigenvalue weighted by molar-refractivity contribution is 0.419. The molecule has 1 aliphatic carbocycles. The fourth-order valence-corrected chi connectivity index (χ4v) is 2.73. The molecule has 0 amide bonds. The molecular weight excluding hydrogens is 236 g/mol. The van der Waals surface area contributed by atoms with Gasteiger partial charge in [-0.15, -0.1) is 5.10 Å². The Kier molecular flexibility index (Phi) is 3.28. The zero-order valence-electron chi connectivity index (χ0n) is 10.8. The normalized spacial score (nSPS) is 17.5. The number of fused-ring (bicyclic) bond motifs is 1. The minimum Gasteiger partial charge on any atom is -0.203 e. The van der Waals surface area contributed by atoms with Gasteiger partial charge in [0.2, 0.25) is 0 Å². The van der Waals surface area contributed by atoms with Crippen molar-refractivity contribution in [2.75, 3.05) is 0 Å². The molecule has 1 saturated carbocycles. The maximum absolute atomic E-state index is 9.38. The van der Waals surface area contributed by atoms with Gasteiger partial charge < -0.3 is 0 Å². The molecule has 4 heteroatoms. The van der Waals surface area contributed by atoms with Gasteiger partial charge in [-0.3, -0.25) is 0 Å². The summed E-state index contributed by atoms with van der Waals surface area (Å²) in [5.41, 5.74) is 2.32. The second kappa shape index (κ2) is 5.23. The predicted octanol–water partition coefficient (Wildman–Crippen LogP) is 3.38. The van der Waals surface area contributed by atoms with E-state index in [1.165, 1.54) is 32.1 Å². The molecule has 0 spiro atoms. The third-order valence-corrected chi connectivity index (χ3v) is 3.74. The number of para-hydroxylation sites is 1. The fourth-order valence-electron chi connectivity index (χ4n) is 2.73. The molecular formula is C15H16N4. The quantitative estimate of drug-likeness (QED) is 0.770. The molecule has 0 saturated heterocycles. The largest absolute Gasteiger partial charge is 0.203 e. The first kappa shape index (κ1) is 11.9. The smallest absolute Gasteiger partial charge is 0.140 e. The lowest BCUT2D eigenvalue weighted by Crippen LogP contribution is -2.06. The SMILES string of the molecule is N#C/C(=C\C1CCCCC1)n1nnc2ccccc21. The predicted molar refractivity (Wildman–Crippen MR) is 74.0 cm³/mol. The summed E-state index contributed by atoms with van der Waals surface area (Å²) in [5, 5.41) is 17.6. The molecule has 0 atom stereocenters. The second-order valence-corrected chi connectivity index (χ2v) is 5.05. The van der Waals surface area contributed by atoms with Crippen LogP contribution in [0.1, 0.15) is 32.1 Å². The van der Waals surface area contributed by atoms with Crippen LogP contribution in [0.15, 0.2) is 30.3 Å². The zero-order chi connectivity index (χ0) is 13.1. The third kappa shape index (κ3) is 2.37. The van der Waals surface area contributed by atoms with Crippen molar-refractivity contribution in [1.29, 1.82) is 5.26 Å². The number of allylic oxidation sites excluding steroid dienone is 2. The van der Waals surface area contributed by atoms with Crippen molar-refractivity contribution in [3.8, 4) is 6.07 Å². The van der Waals surface area contributed by atoms with E-state index in [9.17, 15) is 5.26 Å². The maximum Gasteiger partial charge on any atom is 0.140 e. The number of rotatable bonds is 2. The van der Waals surface area contributed by atoms with Crippen molar-refractivity contribution < 1.29 is 0 Å². The van der Waals surface area contributed by atoms with Crippen LogP contribution in [-0.2, 0) is 0 Å². The first-order valence-corrected chi connectivity index (χ1v) is 6.81. The molecule has 3 rings (SSSR count). The molecule has 0 aliphatic heterocycles. The molecule has 1 aromatic heterocycles. The van der Waals surface area contributed by atoms with Crippen molar-refractivity contribution in [1.82, 2.24) is 15.0 Å². The van der Waals surface area contributed by atoms with Crippen LogP contribution in [0.2, 0.25) is 0 Å². The lowest BCUT2D eigenvalue weighted by atomic mass is 9.89. The van der Waals surface area contributed by atoms with Crippen LogP contribution in [0.5, 0.6) is 0 Å². The van der Waals surface area contributed by atoms with Gasteiger partial charge in [-0.05, 0) is 37.0 Å². The van der Waals surface area contributed by atoms with Crippen LogP contribution in [0, 0.1) is 17.2 Å². The number of benzene rings is 1. The Morgan fingerprint density at radius 3 is 2.84 bits per heavy atom.